The summed E-state index contributed by atoms with van der Waals surface area (Å²) >= 11 is 11.6. The van der Waals surface area contributed by atoms with Crippen molar-refractivity contribution in [2.75, 3.05) is 6.61 Å². The van der Waals surface area contributed by atoms with Crippen molar-refractivity contribution in [3.05, 3.63) is 39.9 Å². The molecule has 12 heavy (non-hydrogen) atoms. The average Bonchev–Trinajstić information content (AvgIpc) is 2.08. The molecule has 1 aromatic rings. The molecule has 0 saturated heterocycles. The third-order valence-corrected chi connectivity index (χ3v) is 2.22. The predicted molar refractivity (Wildman–Crippen MR) is 52.6 cm³/mol. The van der Waals surface area contributed by atoms with E-state index < -0.39 is 0 Å². The van der Waals surface area contributed by atoms with Crippen LogP contribution in [0.5, 0.6) is 0 Å². The van der Waals surface area contributed by atoms with Crippen LogP contribution in [0.15, 0.2) is 24.3 Å². The van der Waals surface area contributed by atoms with Gasteiger partial charge in [0.2, 0.25) is 0 Å². The maximum absolute atomic E-state index is 8.52. The molecule has 0 amide bonds. The quantitative estimate of drug-likeness (QED) is 0.783. The SMILES string of the molecule is OC/C=C/c1cccc(Cl)c1Cl. The maximum Gasteiger partial charge on any atom is 0.0664 e. The molecular weight excluding hydrogens is 195 g/mol. The summed E-state index contributed by atoms with van der Waals surface area (Å²) in [5.74, 6) is 0. The Morgan fingerprint density at radius 2 is 2.08 bits per heavy atom. The minimum atomic E-state index is 0.00282. The first-order chi connectivity index (χ1) is 5.75. The lowest BCUT2D eigenvalue weighted by Gasteiger charge is -1.98. The van der Waals surface area contributed by atoms with Gasteiger partial charge in [-0.15, -0.1) is 0 Å². The first-order valence-corrected chi connectivity index (χ1v) is 4.22. The van der Waals surface area contributed by atoms with Crippen LogP contribution < -0.4 is 0 Å². The monoisotopic (exact) mass is 202 g/mol. The number of aliphatic hydroxyl groups is 1. The Bertz CT molecular complexity index is 295. The minimum absolute atomic E-state index is 0.00282. The lowest BCUT2D eigenvalue weighted by molar-refractivity contribution is 0.343. The van der Waals surface area contributed by atoms with Crippen LogP contribution in [0.25, 0.3) is 6.08 Å². The zero-order valence-corrected chi connectivity index (χ0v) is 7.81. The van der Waals surface area contributed by atoms with Crippen molar-refractivity contribution in [3.8, 4) is 0 Å². The van der Waals surface area contributed by atoms with Gasteiger partial charge in [-0.05, 0) is 11.6 Å². The highest BCUT2D eigenvalue weighted by Gasteiger charge is 1.99. The van der Waals surface area contributed by atoms with E-state index in [1.807, 2.05) is 12.1 Å². The molecule has 1 nitrogen and oxygen atoms in total. The Kier molecular flexibility index (Phi) is 3.60. The highest BCUT2D eigenvalue weighted by atomic mass is 35.5. The van der Waals surface area contributed by atoms with Crippen molar-refractivity contribution in [1.82, 2.24) is 0 Å². The molecule has 0 bridgehead atoms. The predicted octanol–water partition coefficient (Wildman–Crippen LogP) is 3.00. The van der Waals surface area contributed by atoms with Gasteiger partial charge < -0.3 is 5.11 Å². The van der Waals surface area contributed by atoms with Crippen molar-refractivity contribution in [3.63, 3.8) is 0 Å². The van der Waals surface area contributed by atoms with E-state index in [1.54, 1.807) is 18.2 Å². The van der Waals surface area contributed by atoms with Crippen molar-refractivity contribution >= 4 is 29.3 Å². The molecule has 1 aromatic carbocycles. The molecule has 0 aliphatic heterocycles. The molecule has 0 aliphatic rings. The van der Waals surface area contributed by atoms with E-state index in [9.17, 15) is 0 Å². The molecule has 0 atom stereocenters. The maximum atomic E-state index is 8.52. The Morgan fingerprint density at radius 1 is 1.33 bits per heavy atom. The summed E-state index contributed by atoms with van der Waals surface area (Å²) in [7, 11) is 0. The first-order valence-electron chi connectivity index (χ1n) is 3.47. The number of aliphatic hydroxyl groups excluding tert-OH is 1. The van der Waals surface area contributed by atoms with Crippen LogP contribution in [0.3, 0.4) is 0 Å². The van der Waals surface area contributed by atoms with Gasteiger partial charge >= 0.3 is 0 Å². The van der Waals surface area contributed by atoms with Crippen LogP contribution in [0.1, 0.15) is 5.56 Å². The van der Waals surface area contributed by atoms with Gasteiger partial charge in [-0.25, -0.2) is 0 Å². The van der Waals surface area contributed by atoms with Gasteiger partial charge in [0.25, 0.3) is 0 Å². The molecule has 0 aliphatic carbocycles. The Morgan fingerprint density at radius 3 is 2.75 bits per heavy atom. The number of hydrogen-bond donors (Lipinski definition) is 1. The molecule has 0 radical (unpaired) electrons. The van der Waals surface area contributed by atoms with Gasteiger partial charge in [0.1, 0.15) is 0 Å². The van der Waals surface area contributed by atoms with Crippen molar-refractivity contribution in [2.45, 2.75) is 0 Å². The minimum Gasteiger partial charge on any atom is -0.392 e. The molecule has 1 rings (SSSR count). The average molecular weight is 203 g/mol. The van der Waals surface area contributed by atoms with Crippen LogP contribution in [-0.2, 0) is 0 Å². The van der Waals surface area contributed by atoms with Crippen molar-refractivity contribution in [1.29, 1.82) is 0 Å². The fourth-order valence-electron chi connectivity index (χ4n) is 0.829. The zero-order chi connectivity index (χ0) is 8.97. The standard InChI is InChI=1S/C9H8Cl2O/c10-8-5-1-3-7(9(8)11)4-2-6-12/h1-5,12H,6H2/b4-2+. The molecular formula is C9H8Cl2O. The summed E-state index contributed by atoms with van der Waals surface area (Å²) in [6, 6.07) is 5.37. The Hall–Kier alpha value is -0.500. The van der Waals surface area contributed by atoms with Gasteiger partial charge in [-0.2, -0.15) is 0 Å². The lowest BCUT2D eigenvalue weighted by atomic mass is 10.2. The summed E-state index contributed by atoms with van der Waals surface area (Å²) in [5.41, 5.74) is 0.818. The third kappa shape index (κ3) is 2.24. The summed E-state index contributed by atoms with van der Waals surface area (Å²) in [5, 5.41) is 9.57. The fourth-order valence-corrected chi connectivity index (χ4v) is 1.20. The third-order valence-electron chi connectivity index (χ3n) is 1.38. The molecule has 0 saturated carbocycles. The summed E-state index contributed by atoms with van der Waals surface area (Å²) < 4.78 is 0. The molecule has 0 unspecified atom stereocenters. The molecule has 64 valence electrons. The highest BCUT2D eigenvalue weighted by molar-refractivity contribution is 6.42. The van der Waals surface area contributed by atoms with Crippen LogP contribution in [-0.4, -0.2) is 11.7 Å². The van der Waals surface area contributed by atoms with Gasteiger partial charge in [-0.1, -0.05) is 47.5 Å². The molecule has 0 fully saturated rings. The number of halogens is 2. The number of benzene rings is 1. The van der Waals surface area contributed by atoms with Crippen molar-refractivity contribution < 1.29 is 5.11 Å². The summed E-state index contributed by atoms with van der Waals surface area (Å²) in [6.07, 6.45) is 3.34. The van der Waals surface area contributed by atoms with E-state index in [-0.39, 0.29) is 6.61 Å². The van der Waals surface area contributed by atoms with Gasteiger partial charge in [-0.3, -0.25) is 0 Å². The van der Waals surface area contributed by atoms with Crippen LogP contribution >= 0.6 is 23.2 Å². The molecule has 0 spiro atoms. The van der Waals surface area contributed by atoms with Crippen LogP contribution in [0.2, 0.25) is 10.0 Å². The Labute approximate surface area is 81.2 Å². The first kappa shape index (κ1) is 9.59. The van der Waals surface area contributed by atoms with E-state index in [4.69, 9.17) is 28.3 Å². The molecule has 0 aromatic heterocycles. The summed E-state index contributed by atoms with van der Waals surface area (Å²) in [6.45, 7) is 0.00282. The van der Waals surface area contributed by atoms with Crippen LogP contribution in [0, 0.1) is 0 Å². The van der Waals surface area contributed by atoms with Crippen LogP contribution in [0.4, 0.5) is 0 Å². The van der Waals surface area contributed by atoms with Gasteiger partial charge in [0.15, 0.2) is 0 Å². The second-order valence-corrected chi connectivity index (χ2v) is 3.01. The highest BCUT2D eigenvalue weighted by Crippen LogP contribution is 2.26. The van der Waals surface area contributed by atoms with Gasteiger partial charge in [0.05, 0.1) is 16.7 Å². The van der Waals surface area contributed by atoms with E-state index in [0.717, 1.165) is 5.56 Å². The smallest absolute Gasteiger partial charge is 0.0664 e. The normalized spacial score (nSPS) is 10.9. The van der Waals surface area contributed by atoms with E-state index in [2.05, 4.69) is 0 Å². The van der Waals surface area contributed by atoms with E-state index >= 15 is 0 Å². The second-order valence-electron chi connectivity index (χ2n) is 2.23. The Balaban J connectivity index is 3.00. The molecule has 3 heteroatoms. The fraction of sp³-hybridized carbons (Fsp3) is 0.111. The van der Waals surface area contributed by atoms with Gasteiger partial charge in [0, 0.05) is 0 Å². The second kappa shape index (κ2) is 4.51. The largest absolute Gasteiger partial charge is 0.392 e. The lowest BCUT2D eigenvalue weighted by Crippen LogP contribution is -1.77. The topological polar surface area (TPSA) is 20.2 Å². The molecule has 1 N–H and O–H groups in total. The summed E-state index contributed by atoms with van der Waals surface area (Å²) in [4.78, 5) is 0. The number of hydrogen-bond acceptors (Lipinski definition) is 1. The number of rotatable bonds is 2. The van der Waals surface area contributed by atoms with Crippen molar-refractivity contribution in [2.24, 2.45) is 0 Å². The van der Waals surface area contributed by atoms with E-state index in [0.29, 0.717) is 10.0 Å². The zero-order valence-electron chi connectivity index (χ0n) is 6.30. The molecule has 0 heterocycles. The van der Waals surface area contributed by atoms with E-state index in [1.165, 1.54) is 0 Å².